The Balaban J connectivity index is 0. The molecule has 0 aromatic rings. The molecular weight excluding hydrogens is 156 g/mol. The second-order valence-electron chi connectivity index (χ2n) is 3.89. The molecule has 0 saturated heterocycles. The molecule has 0 unspecified atom stereocenters. The van der Waals surface area contributed by atoms with Gasteiger partial charge in [0.25, 0.3) is 0 Å². The molecule has 1 fully saturated rings. The normalized spacial score (nSPS) is 15.7. The molecule has 0 nitrogen and oxygen atoms in total. The molecule has 0 heteroatoms. The summed E-state index contributed by atoms with van der Waals surface area (Å²) in [6.45, 7) is 8.50. The summed E-state index contributed by atoms with van der Waals surface area (Å²) >= 11 is 0. The van der Waals surface area contributed by atoms with E-state index < -0.39 is 0 Å². The van der Waals surface area contributed by atoms with Gasteiger partial charge in [-0.05, 0) is 0 Å². The van der Waals surface area contributed by atoms with Gasteiger partial charge in [-0.25, -0.2) is 0 Å². The topological polar surface area (TPSA) is 0 Å². The van der Waals surface area contributed by atoms with E-state index in [1.165, 1.54) is 57.8 Å². The molecule has 0 spiro atoms. The van der Waals surface area contributed by atoms with E-state index in [2.05, 4.69) is 27.7 Å². The fourth-order valence-corrected chi connectivity index (χ4v) is 1.24. The van der Waals surface area contributed by atoms with Crippen molar-refractivity contribution in [1.29, 1.82) is 0 Å². The average molecular weight is 186 g/mol. The Morgan fingerprint density at radius 3 is 0.615 bits per heavy atom. The Kier molecular flexibility index (Phi) is 21.3. The lowest BCUT2D eigenvalue weighted by molar-refractivity contribution is 0.702. The molecule has 82 valence electrons. The first-order valence-corrected chi connectivity index (χ1v) is 6.33. The minimum Gasteiger partial charge on any atom is -0.0656 e. The highest BCUT2D eigenvalue weighted by Gasteiger charge is 1.95. The Morgan fingerprint density at radius 1 is 0.462 bits per heavy atom. The summed E-state index contributed by atoms with van der Waals surface area (Å²) in [5.74, 6) is 0. The molecule has 0 aliphatic heterocycles. The van der Waals surface area contributed by atoms with Gasteiger partial charge in [-0.2, -0.15) is 0 Å². The summed E-state index contributed by atoms with van der Waals surface area (Å²) in [7, 11) is 0. The lowest BCUT2D eigenvalue weighted by atomic mass is 10.2. The lowest BCUT2D eigenvalue weighted by Crippen LogP contribution is -1.66. The molecule has 13 heavy (non-hydrogen) atoms. The first kappa shape index (κ1) is 15.5. The highest BCUT2D eigenvalue weighted by Crippen LogP contribution is 2.15. The van der Waals surface area contributed by atoms with E-state index >= 15 is 0 Å². The standard InChI is InChI=1S/C7H14.2C3H8/c1-2-4-6-7-5-3-1;2*1-3-2/h1-7H2;2*3H2,1-2H3. The van der Waals surface area contributed by atoms with Crippen LogP contribution >= 0.6 is 0 Å². The zero-order chi connectivity index (χ0) is 10.4. The van der Waals surface area contributed by atoms with Gasteiger partial charge in [0.15, 0.2) is 0 Å². The maximum Gasteiger partial charge on any atom is -0.0533 e. The smallest absolute Gasteiger partial charge is 0.0533 e. The minimum atomic E-state index is 1.25. The predicted molar refractivity (Wildman–Crippen MR) is 64.2 cm³/mol. The van der Waals surface area contributed by atoms with Crippen molar-refractivity contribution in [2.24, 2.45) is 0 Å². The molecule has 1 aliphatic rings. The number of hydrogen-bond donors (Lipinski definition) is 0. The van der Waals surface area contributed by atoms with Gasteiger partial charge >= 0.3 is 0 Å². The third kappa shape index (κ3) is 24.5. The molecule has 0 atom stereocenters. The van der Waals surface area contributed by atoms with Crippen molar-refractivity contribution in [3.05, 3.63) is 0 Å². The van der Waals surface area contributed by atoms with Crippen molar-refractivity contribution in [2.45, 2.75) is 85.5 Å². The summed E-state index contributed by atoms with van der Waals surface area (Å²) in [6, 6.07) is 0. The van der Waals surface area contributed by atoms with Crippen molar-refractivity contribution in [2.75, 3.05) is 0 Å². The monoisotopic (exact) mass is 186 g/mol. The van der Waals surface area contributed by atoms with Crippen LogP contribution in [0.2, 0.25) is 0 Å². The SMILES string of the molecule is C1CCCCCC1.CCC.CCC. The van der Waals surface area contributed by atoms with Crippen LogP contribution in [-0.4, -0.2) is 0 Å². The Labute approximate surface area is 86.1 Å². The van der Waals surface area contributed by atoms with Gasteiger partial charge < -0.3 is 0 Å². The van der Waals surface area contributed by atoms with Crippen LogP contribution in [0.5, 0.6) is 0 Å². The third-order valence-corrected chi connectivity index (χ3v) is 1.75. The van der Waals surface area contributed by atoms with Crippen LogP contribution in [0, 0.1) is 0 Å². The summed E-state index contributed by atoms with van der Waals surface area (Å²) in [4.78, 5) is 0. The average Bonchev–Trinajstić information content (AvgIpc) is 2.37. The van der Waals surface area contributed by atoms with E-state index in [-0.39, 0.29) is 0 Å². The minimum absolute atomic E-state index is 1.25. The fourth-order valence-electron chi connectivity index (χ4n) is 1.24. The van der Waals surface area contributed by atoms with Crippen LogP contribution in [0.3, 0.4) is 0 Å². The lowest BCUT2D eigenvalue weighted by Gasteiger charge is -1.85. The molecule has 0 aromatic heterocycles. The molecule has 1 saturated carbocycles. The first-order chi connectivity index (χ1) is 6.33. The maximum absolute atomic E-state index is 2.12. The Bertz CT molecular complexity index is 35.4. The van der Waals surface area contributed by atoms with Crippen molar-refractivity contribution >= 4 is 0 Å². The molecule has 0 radical (unpaired) electrons. The quantitative estimate of drug-likeness (QED) is 0.434. The Morgan fingerprint density at radius 2 is 0.538 bits per heavy atom. The van der Waals surface area contributed by atoms with Gasteiger partial charge in [0.1, 0.15) is 0 Å². The molecule has 0 heterocycles. The fraction of sp³-hybridized carbons (Fsp3) is 1.00. The molecule has 1 aliphatic carbocycles. The third-order valence-electron chi connectivity index (χ3n) is 1.75. The first-order valence-electron chi connectivity index (χ1n) is 6.33. The highest BCUT2D eigenvalue weighted by atomic mass is 14.0. The number of hydrogen-bond acceptors (Lipinski definition) is 0. The van der Waals surface area contributed by atoms with Gasteiger partial charge in [0.2, 0.25) is 0 Å². The molecule has 0 N–H and O–H groups in total. The van der Waals surface area contributed by atoms with Gasteiger partial charge in [-0.3, -0.25) is 0 Å². The van der Waals surface area contributed by atoms with E-state index in [1.54, 1.807) is 0 Å². The van der Waals surface area contributed by atoms with Gasteiger partial charge in [-0.15, -0.1) is 0 Å². The molecule has 0 amide bonds. The molecule has 0 bridgehead atoms. The summed E-state index contributed by atoms with van der Waals surface area (Å²) in [5, 5.41) is 0. The van der Waals surface area contributed by atoms with Crippen LogP contribution in [0.25, 0.3) is 0 Å². The maximum atomic E-state index is 2.12. The highest BCUT2D eigenvalue weighted by molar-refractivity contribution is 4.51. The van der Waals surface area contributed by atoms with E-state index in [4.69, 9.17) is 0 Å². The van der Waals surface area contributed by atoms with E-state index in [0.29, 0.717) is 0 Å². The summed E-state index contributed by atoms with van der Waals surface area (Å²) in [6.07, 6.45) is 13.0. The van der Waals surface area contributed by atoms with Crippen molar-refractivity contribution in [1.82, 2.24) is 0 Å². The zero-order valence-corrected chi connectivity index (χ0v) is 10.4. The van der Waals surface area contributed by atoms with Crippen LogP contribution < -0.4 is 0 Å². The van der Waals surface area contributed by atoms with Gasteiger partial charge in [0, 0.05) is 0 Å². The molecule has 0 aromatic carbocycles. The van der Waals surface area contributed by atoms with Crippen molar-refractivity contribution in [3.8, 4) is 0 Å². The van der Waals surface area contributed by atoms with Crippen molar-refractivity contribution < 1.29 is 0 Å². The summed E-state index contributed by atoms with van der Waals surface area (Å²) in [5.41, 5.74) is 0. The predicted octanol–water partition coefficient (Wildman–Crippen LogP) is 5.56. The second kappa shape index (κ2) is 17.9. The van der Waals surface area contributed by atoms with Crippen LogP contribution in [0.4, 0.5) is 0 Å². The number of rotatable bonds is 0. The zero-order valence-electron chi connectivity index (χ0n) is 10.4. The molecule has 1 rings (SSSR count). The van der Waals surface area contributed by atoms with Crippen LogP contribution in [0.1, 0.15) is 85.5 Å². The van der Waals surface area contributed by atoms with E-state index in [1.807, 2.05) is 0 Å². The second-order valence-corrected chi connectivity index (χ2v) is 3.89. The van der Waals surface area contributed by atoms with Crippen LogP contribution in [0.15, 0.2) is 0 Å². The summed E-state index contributed by atoms with van der Waals surface area (Å²) < 4.78 is 0. The Hall–Kier alpha value is 0. The van der Waals surface area contributed by atoms with Crippen LogP contribution in [-0.2, 0) is 0 Å². The van der Waals surface area contributed by atoms with E-state index in [0.717, 1.165) is 0 Å². The largest absolute Gasteiger partial charge is 0.0656 e. The van der Waals surface area contributed by atoms with Gasteiger partial charge in [0.05, 0.1) is 0 Å². The van der Waals surface area contributed by atoms with Gasteiger partial charge in [-0.1, -0.05) is 85.5 Å². The van der Waals surface area contributed by atoms with Crippen molar-refractivity contribution in [3.63, 3.8) is 0 Å². The molecular formula is C13H30. The van der Waals surface area contributed by atoms with E-state index in [9.17, 15) is 0 Å².